The molecular formula is C13H19N3O2S. The van der Waals surface area contributed by atoms with Crippen LogP contribution in [0, 0.1) is 5.92 Å². The second-order valence-corrected chi connectivity index (χ2v) is 7.07. The van der Waals surface area contributed by atoms with Crippen molar-refractivity contribution in [3.8, 4) is 0 Å². The fourth-order valence-corrected chi connectivity index (χ4v) is 4.55. The van der Waals surface area contributed by atoms with Crippen molar-refractivity contribution in [1.29, 1.82) is 0 Å². The zero-order valence-corrected chi connectivity index (χ0v) is 11.8. The molecule has 3 aliphatic heterocycles. The molecule has 4 aliphatic rings. The van der Waals surface area contributed by atoms with E-state index in [-0.39, 0.29) is 23.9 Å². The van der Waals surface area contributed by atoms with Crippen molar-refractivity contribution in [3.05, 3.63) is 0 Å². The van der Waals surface area contributed by atoms with E-state index in [1.54, 1.807) is 16.7 Å². The molecule has 1 aliphatic carbocycles. The van der Waals surface area contributed by atoms with Gasteiger partial charge in [0.1, 0.15) is 12.1 Å². The quantitative estimate of drug-likeness (QED) is 0.704. The first kappa shape index (κ1) is 12.0. The predicted molar refractivity (Wildman–Crippen MR) is 72.6 cm³/mol. The Bertz CT molecular complexity index is 426. The van der Waals surface area contributed by atoms with Crippen molar-refractivity contribution in [2.75, 3.05) is 37.8 Å². The van der Waals surface area contributed by atoms with E-state index in [0.717, 1.165) is 37.8 Å². The molecule has 5 nitrogen and oxygen atoms in total. The predicted octanol–water partition coefficient (Wildman–Crippen LogP) is -0.176. The Morgan fingerprint density at radius 3 is 2.63 bits per heavy atom. The second-order valence-electron chi connectivity index (χ2n) is 6.07. The van der Waals surface area contributed by atoms with Crippen LogP contribution in [0.15, 0.2) is 0 Å². The van der Waals surface area contributed by atoms with Gasteiger partial charge in [-0.2, -0.15) is 0 Å². The second kappa shape index (κ2) is 4.38. The first-order valence-electron chi connectivity index (χ1n) is 7.15. The van der Waals surface area contributed by atoms with Gasteiger partial charge in [0.2, 0.25) is 11.8 Å². The molecule has 0 aromatic rings. The lowest BCUT2D eigenvalue weighted by Gasteiger charge is -2.47. The summed E-state index contributed by atoms with van der Waals surface area (Å²) in [7, 11) is 0. The van der Waals surface area contributed by atoms with Crippen LogP contribution in [-0.4, -0.2) is 76.4 Å². The van der Waals surface area contributed by atoms with Gasteiger partial charge in [-0.05, 0) is 18.8 Å². The molecule has 0 aromatic carbocycles. The summed E-state index contributed by atoms with van der Waals surface area (Å²) < 4.78 is 0. The lowest BCUT2D eigenvalue weighted by Crippen LogP contribution is -2.69. The maximum atomic E-state index is 12.5. The van der Waals surface area contributed by atoms with Crippen molar-refractivity contribution in [2.24, 2.45) is 5.92 Å². The van der Waals surface area contributed by atoms with E-state index in [0.29, 0.717) is 5.88 Å². The van der Waals surface area contributed by atoms with Gasteiger partial charge < -0.3 is 9.80 Å². The number of carbonyl (C=O) groups excluding carboxylic acids is 2. The van der Waals surface area contributed by atoms with Crippen LogP contribution in [0.5, 0.6) is 0 Å². The van der Waals surface area contributed by atoms with Crippen molar-refractivity contribution in [2.45, 2.75) is 24.9 Å². The lowest BCUT2D eigenvalue weighted by atomic mass is 10.0. The van der Waals surface area contributed by atoms with Crippen molar-refractivity contribution < 1.29 is 9.59 Å². The van der Waals surface area contributed by atoms with E-state index in [4.69, 9.17) is 0 Å². The fourth-order valence-electron chi connectivity index (χ4n) is 3.39. The maximum Gasteiger partial charge on any atom is 0.248 e. The van der Waals surface area contributed by atoms with Crippen LogP contribution in [0.25, 0.3) is 0 Å². The number of hydrogen-bond donors (Lipinski definition) is 0. The van der Waals surface area contributed by atoms with E-state index < -0.39 is 0 Å². The fraction of sp³-hybridized carbons (Fsp3) is 0.846. The van der Waals surface area contributed by atoms with Crippen molar-refractivity contribution >= 4 is 23.6 Å². The molecule has 0 N–H and O–H groups in total. The summed E-state index contributed by atoms with van der Waals surface area (Å²) in [5.74, 6) is 2.67. The third-order valence-corrected chi connectivity index (χ3v) is 5.71. The SMILES string of the molecule is O=C1[C@@H]2CSCN2C(=O)[C@H]2CN(CC3CC3)CCN12. The van der Waals surface area contributed by atoms with Crippen LogP contribution in [0.1, 0.15) is 12.8 Å². The van der Waals surface area contributed by atoms with Gasteiger partial charge in [0.05, 0.1) is 5.88 Å². The Kier molecular flexibility index (Phi) is 2.77. The topological polar surface area (TPSA) is 43.9 Å². The minimum absolute atomic E-state index is 0.176. The average molecular weight is 281 g/mol. The summed E-state index contributed by atoms with van der Waals surface area (Å²) in [6.45, 7) is 3.53. The molecule has 6 heteroatoms. The summed E-state index contributed by atoms with van der Waals surface area (Å²) in [5.41, 5.74) is 0. The van der Waals surface area contributed by atoms with Crippen molar-refractivity contribution in [1.82, 2.24) is 14.7 Å². The number of amides is 2. The van der Waals surface area contributed by atoms with Crippen molar-refractivity contribution in [3.63, 3.8) is 0 Å². The molecule has 19 heavy (non-hydrogen) atoms. The monoisotopic (exact) mass is 281 g/mol. The highest BCUT2D eigenvalue weighted by Crippen LogP contribution is 2.33. The highest BCUT2D eigenvalue weighted by molar-refractivity contribution is 7.99. The summed E-state index contributed by atoms with van der Waals surface area (Å²) in [6.07, 6.45) is 2.67. The molecule has 1 saturated carbocycles. The van der Waals surface area contributed by atoms with Crippen LogP contribution in [0.3, 0.4) is 0 Å². The van der Waals surface area contributed by atoms with Gasteiger partial charge in [0, 0.05) is 31.9 Å². The highest BCUT2D eigenvalue weighted by atomic mass is 32.2. The standard InChI is InChI=1S/C13H19N3O2S/c17-12-10-6-14(5-9-1-2-9)3-4-15(10)13(18)11-7-19-8-16(11)12/h9-11H,1-8H2/t10-,11+/m1/s1. The van der Waals surface area contributed by atoms with Crippen LogP contribution in [-0.2, 0) is 9.59 Å². The largest absolute Gasteiger partial charge is 0.326 e. The molecule has 0 unspecified atom stereocenters. The number of piperazine rings is 2. The maximum absolute atomic E-state index is 12.5. The molecule has 3 saturated heterocycles. The smallest absolute Gasteiger partial charge is 0.248 e. The third-order valence-electron chi connectivity index (χ3n) is 4.70. The van der Waals surface area contributed by atoms with E-state index >= 15 is 0 Å². The Hall–Kier alpha value is -0.750. The van der Waals surface area contributed by atoms with Crippen LogP contribution in [0.4, 0.5) is 0 Å². The van der Waals surface area contributed by atoms with Gasteiger partial charge in [-0.25, -0.2) is 0 Å². The van der Waals surface area contributed by atoms with Gasteiger partial charge in [-0.3, -0.25) is 14.5 Å². The van der Waals surface area contributed by atoms with Gasteiger partial charge in [0.25, 0.3) is 0 Å². The Balaban J connectivity index is 1.52. The number of hydrogen-bond acceptors (Lipinski definition) is 4. The Morgan fingerprint density at radius 1 is 1.05 bits per heavy atom. The number of rotatable bonds is 2. The van der Waals surface area contributed by atoms with E-state index in [1.807, 2.05) is 4.90 Å². The summed E-state index contributed by atoms with van der Waals surface area (Å²) >= 11 is 1.70. The number of nitrogens with zero attached hydrogens (tertiary/aromatic N) is 3. The number of carbonyl (C=O) groups is 2. The molecule has 0 aromatic heterocycles. The van der Waals surface area contributed by atoms with Crippen LogP contribution >= 0.6 is 11.8 Å². The Morgan fingerprint density at radius 2 is 1.84 bits per heavy atom. The number of thioether (sulfide) groups is 1. The van der Waals surface area contributed by atoms with Gasteiger partial charge >= 0.3 is 0 Å². The molecular weight excluding hydrogens is 262 g/mol. The first-order chi connectivity index (χ1) is 9.24. The first-order valence-corrected chi connectivity index (χ1v) is 8.30. The number of fused-ring (bicyclic) bond motifs is 2. The Labute approximate surface area is 117 Å². The third kappa shape index (κ3) is 1.96. The highest BCUT2D eigenvalue weighted by Gasteiger charge is 2.49. The summed E-state index contributed by atoms with van der Waals surface area (Å²) in [6, 6.07) is -0.390. The van der Waals surface area contributed by atoms with E-state index in [9.17, 15) is 9.59 Å². The summed E-state index contributed by atoms with van der Waals surface area (Å²) in [4.78, 5) is 31.0. The van der Waals surface area contributed by atoms with Gasteiger partial charge in [-0.1, -0.05) is 0 Å². The molecule has 4 rings (SSSR count). The molecule has 3 heterocycles. The lowest BCUT2D eigenvalue weighted by molar-refractivity contribution is -0.162. The average Bonchev–Trinajstić information content (AvgIpc) is 3.08. The zero-order chi connectivity index (χ0) is 13.0. The molecule has 2 amide bonds. The molecule has 0 bridgehead atoms. The van der Waals surface area contributed by atoms with E-state index in [2.05, 4.69) is 4.90 Å². The molecule has 2 atom stereocenters. The molecule has 0 radical (unpaired) electrons. The molecule has 4 fully saturated rings. The van der Waals surface area contributed by atoms with Crippen LogP contribution in [0.2, 0.25) is 0 Å². The minimum atomic E-state index is -0.213. The van der Waals surface area contributed by atoms with Gasteiger partial charge in [-0.15, -0.1) is 11.8 Å². The molecule has 0 spiro atoms. The van der Waals surface area contributed by atoms with Crippen LogP contribution < -0.4 is 0 Å². The zero-order valence-electron chi connectivity index (χ0n) is 11.0. The summed E-state index contributed by atoms with van der Waals surface area (Å²) in [5, 5.41) is 0. The van der Waals surface area contributed by atoms with Gasteiger partial charge in [0.15, 0.2) is 0 Å². The van der Waals surface area contributed by atoms with E-state index in [1.165, 1.54) is 12.8 Å². The minimum Gasteiger partial charge on any atom is -0.326 e. The molecule has 104 valence electrons. The normalized spacial score (nSPS) is 35.6.